The highest BCUT2D eigenvalue weighted by molar-refractivity contribution is 5.69. The van der Waals surface area contributed by atoms with Crippen LogP contribution in [0, 0.1) is 10.8 Å². The lowest BCUT2D eigenvalue weighted by molar-refractivity contribution is -0.150. The van der Waals surface area contributed by atoms with E-state index in [0.29, 0.717) is 19.4 Å². The molecule has 0 aliphatic carbocycles. The van der Waals surface area contributed by atoms with Gasteiger partial charge in [0.1, 0.15) is 6.10 Å². The van der Waals surface area contributed by atoms with Gasteiger partial charge in [0.15, 0.2) is 0 Å². The predicted octanol–water partition coefficient (Wildman–Crippen LogP) is 14.3. The van der Waals surface area contributed by atoms with Crippen molar-refractivity contribution in [1.82, 2.24) is 4.90 Å². The fraction of sp³-hybridized carbons (Fsp3) is 0.959. The van der Waals surface area contributed by atoms with Crippen LogP contribution in [0.2, 0.25) is 0 Å². The molecule has 6 heteroatoms. The molecule has 0 aromatic carbocycles. The highest BCUT2D eigenvalue weighted by atomic mass is 16.5. The average Bonchev–Trinajstić information content (AvgIpc) is 3.15. The number of esters is 2. The van der Waals surface area contributed by atoms with Crippen molar-refractivity contribution in [2.45, 2.75) is 260 Å². The number of carbonyl (C=O) groups excluding carboxylic acids is 2. The van der Waals surface area contributed by atoms with E-state index in [-0.39, 0.29) is 35.5 Å². The molecule has 0 heterocycles. The lowest BCUT2D eigenvalue weighted by Gasteiger charge is -2.27. The number of hydrogen-bond donors (Lipinski definition) is 1. The van der Waals surface area contributed by atoms with Crippen LogP contribution < -0.4 is 0 Å². The molecule has 0 saturated heterocycles. The van der Waals surface area contributed by atoms with Gasteiger partial charge in [0, 0.05) is 26.0 Å². The number of aliphatic hydroxyl groups excluding tert-OH is 1. The number of rotatable bonds is 42. The van der Waals surface area contributed by atoms with Gasteiger partial charge in [0.25, 0.3) is 0 Å². The van der Waals surface area contributed by atoms with E-state index in [2.05, 4.69) is 53.4 Å². The molecule has 1 N–H and O–H groups in total. The van der Waals surface area contributed by atoms with Crippen molar-refractivity contribution >= 4 is 11.9 Å². The van der Waals surface area contributed by atoms with Crippen molar-refractivity contribution < 1.29 is 24.2 Å². The molecule has 0 saturated carbocycles. The maximum atomic E-state index is 13.0. The second-order valence-electron chi connectivity index (χ2n) is 18.8. The summed E-state index contributed by atoms with van der Waals surface area (Å²) in [6, 6.07) is 0. The fourth-order valence-electron chi connectivity index (χ4n) is 7.71. The summed E-state index contributed by atoms with van der Waals surface area (Å²) in [6.45, 7) is 19.7. The van der Waals surface area contributed by atoms with Gasteiger partial charge in [0.05, 0.1) is 6.61 Å². The largest absolute Gasteiger partial charge is 0.465 e. The summed E-state index contributed by atoms with van der Waals surface area (Å²) in [5, 5.41) is 9.50. The molecule has 0 rings (SSSR count). The third-order valence-electron chi connectivity index (χ3n) is 11.7. The maximum absolute atomic E-state index is 13.0. The summed E-state index contributed by atoms with van der Waals surface area (Å²) in [6.07, 6.45) is 36.7. The minimum atomic E-state index is -0.0339. The number of ether oxygens (including phenoxy) is 2. The molecule has 0 aromatic rings. The topological polar surface area (TPSA) is 76.1 Å². The Hall–Kier alpha value is -1.14. The first-order valence-corrected chi connectivity index (χ1v) is 24.2. The Kier molecular flexibility index (Phi) is 36.4. The summed E-state index contributed by atoms with van der Waals surface area (Å²) in [7, 11) is 0. The first-order chi connectivity index (χ1) is 26.5. The van der Waals surface area contributed by atoms with Crippen LogP contribution in [0.25, 0.3) is 0 Å². The molecule has 0 radical (unpaired) electrons. The van der Waals surface area contributed by atoms with E-state index in [4.69, 9.17) is 9.47 Å². The molecule has 0 spiro atoms. The highest BCUT2D eigenvalue weighted by Gasteiger charge is 2.22. The molecule has 0 unspecified atom stereocenters. The van der Waals surface area contributed by atoms with Gasteiger partial charge in [-0.3, -0.25) is 9.59 Å². The fourth-order valence-corrected chi connectivity index (χ4v) is 7.71. The number of nitrogens with zero attached hydrogens (tertiary/aromatic N) is 1. The van der Waals surface area contributed by atoms with E-state index >= 15 is 0 Å². The zero-order valence-corrected chi connectivity index (χ0v) is 38.3. The quantitative estimate of drug-likeness (QED) is 0.0491. The van der Waals surface area contributed by atoms with Crippen LogP contribution >= 0.6 is 0 Å². The third-order valence-corrected chi connectivity index (χ3v) is 11.7. The number of unbranched alkanes of at least 4 members (excludes halogenated alkanes) is 19. The van der Waals surface area contributed by atoms with Crippen molar-refractivity contribution in [3.63, 3.8) is 0 Å². The Balaban J connectivity index is 4.43. The van der Waals surface area contributed by atoms with Crippen LogP contribution in [-0.4, -0.2) is 60.9 Å². The van der Waals surface area contributed by atoms with E-state index < -0.39 is 0 Å². The molecule has 6 nitrogen and oxygen atoms in total. The minimum Gasteiger partial charge on any atom is -0.465 e. The van der Waals surface area contributed by atoms with E-state index in [1.807, 2.05) is 0 Å². The van der Waals surface area contributed by atoms with Crippen molar-refractivity contribution in [1.29, 1.82) is 0 Å². The molecule has 0 amide bonds. The van der Waals surface area contributed by atoms with Gasteiger partial charge in [-0.1, -0.05) is 170 Å². The predicted molar refractivity (Wildman–Crippen MR) is 237 cm³/mol. The van der Waals surface area contributed by atoms with Crippen LogP contribution in [0.15, 0.2) is 0 Å². The summed E-state index contributed by atoms with van der Waals surface area (Å²) in [5.74, 6) is -0.0261. The Bertz CT molecular complexity index is 842. The number of carbonyl (C=O) groups is 2. The van der Waals surface area contributed by atoms with Crippen LogP contribution in [0.1, 0.15) is 254 Å². The van der Waals surface area contributed by atoms with Gasteiger partial charge in [0.2, 0.25) is 0 Å². The van der Waals surface area contributed by atoms with Crippen LogP contribution in [0.5, 0.6) is 0 Å². The van der Waals surface area contributed by atoms with E-state index in [1.54, 1.807) is 0 Å². The van der Waals surface area contributed by atoms with Crippen molar-refractivity contribution in [3.05, 3.63) is 0 Å². The second kappa shape index (κ2) is 37.2. The van der Waals surface area contributed by atoms with Gasteiger partial charge in [-0.15, -0.1) is 0 Å². The smallest absolute Gasteiger partial charge is 0.306 e. The average molecular weight is 780 g/mol. The standard InChI is InChI=1S/C49H97NO5/c1-8-11-14-17-20-23-27-35-46(52)54-44-49(6,7)38-28-24-30-40-50(42-32-43-51)41-31-29-37-48(4,5)39-36-47(53)55-45(33-25-21-18-15-12-9-2)34-26-22-19-16-13-10-3/h45,51H,8-44H2,1-7H3. The minimum absolute atomic E-state index is 0.00780. The van der Waals surface area contributed by atoms with Gasteiger partial charge in [-0.25, -0.2) is 0 Å². The molecule has 0 aliphatic rings. The van der Waals surface area contributed by atoms with Crippen LogP contribution in [-0.2, 0) is 19.1 Å². The summed E-state index contributed by atoms with van der Waals surface area (Å²) in [5.41, 5.74) is 0.136. The summed E-state index contributed by atoms with van der Waals surface area (Å²) >= 11 is 0. The lowest BCUT2D eigenvalue weighted by atomic mass is 9.82. The zero-order chi connectivity index (χ0) is 40.9. The molecule has 0 aliphatic heterocycles. The zero-order valence-electron chi connectivity index (χ0n) is 38.3. The molecular weight excluding hydrogens is 683 g/mol. The Morgan fingerprint density at radius 1 is 0.491 bits per heavy atom. The molecule has 0 bridgehead atoms. The van der Waals surface area contributed by atoms with Gasteiger partial charge in [-0.05, 0) is 94.5 Å². The first-order valence-electron chi connectivity index (χ1n) is 24.2. The van der Waals surface area contributed by atoms with Crippen molar-refractivity contribution in [2.75, 3.05) is 32.8 Å². The number of aliphatic hydroxyl groups is 1. The van der Waals surface area contributed by atoms with E-state index in [9.17, 15) is 14.7 Å². The van der Waals surface area contributed by atoms with Crippen molar-refractivity contribution in [3.8, 4) is 0 Å². The lowest BCUT2D eigenvalue weighted by Crippen LogP contribution is -2.28. The van der Waals surface area contributed by atoms with Gasteiger partial charge >= 0.3 is 11.9 Å². The van der Waals surface area contributed by atoms with Gasteiger partial charge < -0.3 is 19.5 Å². The van der Waals surface area contributed by atoms with E-state index in [1.165, 1.54) is 116 Å². The normalized spacial score (nSPS) is 12.3. The molecule has 0 aromatic heterocycles. The van der Waals surface area contributed by atoms with Crippen molar-refractivity contribution in [2.24, 2.45) is 10.8 Å². The Morgan fingerprint density at radius 3 is 1.47 bits per heavy atom. The molecule has 0 fully saturated rings. The molecule has 55 heavy (non-hydrogen) atoms. The molecule has 328 valence electrons. The summed E-state index contributed by atoms with van der Waals surface area (Å²) < 4.78 is 11.8. The third kappa shape index (κ3) is 36.9. The summed E-state index contributed by atoms with van der Waals surface area (Å²) in [4.78, 5) is 27.8. The SMILES string of the molecule is CCCCCCCCCC(=O)OCC(C)(C)CCCCCN(CCCO)CCCCC(C)(C)CCC(=O)OC(CCCCCCCC)CCCCCCCC. The van der Waals surface area contributed by atoms with Crippen LogP contribution in [0.3, 0.4) is 0 Å². The monoisotopic (exact) mass is 780 g/mol. The Morgan fingerprint density at radius 2 is 0.927 bits per heavy atom. The molecular formula is C49H97NO5. The second-order valence-corrected chi connectivity index (χ2v) is 18.8. The first kappa shape index (κ1) is 53.9. The van der Waals surface area contributed by atoms with E-state index in [0.717, 1.165) is 96.7 Å². The van der Waals surface area contributed by atoms with Gasteiger partial charge in [-0.2, -0.15) is 0 Å². The van der Waals surface area contributed by atoms with Crippen LogP contribution in [0.4, 0.5) is 0 Å². The number of hydrogen-bond acceptors (Lipinski definition) is 6. The highest BCUT2D eigenvalue weighted by Crippen LogP contribution is 2.30. The maximum Gasteiger partial charge on any atom is 0.306 e. The molecule has 0 atom stereocenters. The Labute approximate surface area is 343 Å².